The van der Waals surface area contributed by atoms with Crippen molar-refractivity contribution in [1.82, 2.24) is 9.88 Å². The van der Waals surface area contributed by atoms with Gasteiger partial charge in [0.2, 0.25) is 0 Å². The molecular formula is C16H24BrN3. The highest BCUT2D eigenvalue weighted by molar-refractivity contribution is 9.08. The van der Waals surface area contributed by atoms with E-state index in [-0.39, 0.29) is 0 Å². The minimum absolute atomic E-state index is 0.889. The summed E-state index contributed by atoms with van der Waals surface area (Å²) in [6.45, 7) is 6.30. The van der Waals surface area contributed by atoms with Crippen LogP contribution in [0.15, 0.2) is 18.3 Å². The summed E-state index contributed by atoms with van der Waals surface area (Å²) in [5.74, 6) is 2.07. The molecular weight excluding hydrogens is 314 g/mol. The Kier molecular flexibility index (Phi) is 4.94. The second kappa shape index (κ2) is 6.90. The summed E-state index contributed by atoms with van der Waals surface area (Å²) in [6, 6.07) is 4.20. The predicted molar refractivity (Wildman–Crippen MR) is 87.5 cm³/mol. The van der Waals surface area contributed by atoms with Crippen molar-refractivity contribution >= 4 is 21.7 Å². The van der Waals surface area contributed by atoms with Crippen molar-refractivity contribution < 1.29 is 0 Å². The van der Waals surface area contributed by atoms with Crippen LogP contribution in [0.25, 0.3) is 0 Å². The molecule has 3 heterocycles. The Morgan fingerprint density at radius 3 is 2.60 bits per heavy atom. The Morgan fingerprint density at radius 1 is 1.15 bits per heavy atom. The normalized spacial score (nSPS) is 21.6. The quantitative estimate of drug-likeness (QED) is 0.786. The number of anilines is 1. The van der Waals surface area contributed by atoms with Crippen LogP contribution in [-0.4, -0.2) is 42.6 Å². The van der Waals surface area contributed by atoms with E-state index in [4.69, 9.17) is 0 Å². The van der Waals surface area contributed by atoms with Gasteiger partial charge < -0.3 is 9.80 Å². The van der Waals surface area contributed by atoms with Crippen molar-refractivity contribution in [2.75, 3.05) is 37.6 Å². The summed E-state index contributed by atoms with van der Waals surface area (Å²) in [4.78, 5) is 9.71. The van der Waals surface area contributed by atoms with E-state index in [0.29, 0.717) is 0 Å². The van der Waals surface area contributed by atoms with Crippen LogP contribution < -0.4 is 4.90 Å². The van der Waals surface area contributed by atoms with Crippen molar-refractivity contribution in [3.8, 4) is 0 Å². The SMILES string of the molecule is BrCc1cccnc1N1CCC(CN2CCCC2)CC1. The monoisotopic (exact) mass is 337 g/mol. The zero-order valence-electron chi connectivity index (χ0n) is 12.1. The number of piperidine rings is 1. The summed E-state index contributed by atoms with van der Waals surface area (Å²) in [5, 5.41) is 0.893. The molecule has 1 aromatic heterocycles. The highest BCUT2D eigenvalue weighted by atomic mass is 79.9. The topological polar surface area (TPSA) is 19.4 Å². The van der Waals surface area contributed by atoms with Gasteiger partial charge in [-0.25, -0.2) is 4.98 Å². The van der Waals surface area contributed by atoms with Gasteiger partial charge in [0.1, 0.15) is 5.82 Å². The van der Waals surface area contributed by atoms with Gasteiger partial charge in [0.25, 0.3) is 0 Å². The third-order valence-electron chi connectivity index (χ3n) is 4.64. The van der Waals surface area contributed by atoms with E-state index in [1.807, 2.05) is 12.3 Å². The van der Waals surface area contributed by atoms with Gasteiger partial charge in [-0.15, -0.1) is 0 Å². The molecule has 0 atom stereocenters. The maximum absolute atomic E-state index is 4.59. The van der Waals surface area contributed by atoms with Crippen LogP contribution in [0.5, 0.6) is 0 Å². The predicted octanol–water partition coefficient (Wildman–Crippen LogP) is 3.29. The fourth-order valence-electron chi connectivity index (χ4n) is 3.48. The number of rotatable bonds is 4. The Balaban J connectivity index is 1.55. The van der Waals surface area contributed by atoms with Crippen LogP contribution in [0.1, 0.15) is 31.2 Å². The number of likely N-dealkylation sites (tertiary alicyclic amines) is 1. The van der Waals surface area contributed by atoms with Crippen molar-refractivity contribution in [3.05, 3.63) is 23.9 Å². The van der Waals surface area contributed by atoms with E-state index in [1.165, 1.54) is 56.7 Å². The fourth-order valence-corrected chi connectivity index (χ4v) is 3.91. The lowest BCUT2D eigenvalue weighted by atomic mass is 9.96. The van der Waals surface area contributed by atoms with Crippen LogP contribution in [0.2, 0.25) is 0 Å². The molecule has 2 saturated heterocycles. The van der Waals surface area contributed by atoms with Gasteiger partial charge in [0.05, 0.1) is 0 Å². The molecule has 0 aliphatic carbocycles. The smallest absolute Gasteiger partial charge is 0.132 e. The first-order chi connectivity index (χ1) is 9.86. The van der Waals surface area contributed by atoms with E-state index in [9.17, 15) is 0 Å². The molecule has 20 heavy (non-hydrogen) atoms. The van der Waals surface area contributed by atoms with E-state index in [1.54, 1.807) is 0 Å². The number of hydrogen-bond donors (Lipinski definition) is 0. The number of halogens is 1. The van der Waals surface area contributed by atoms with Gasteiger partial charge >= 0.3 is 0 Å². The number of alkyl halides is 1. The van der Waals surface area contributed by atoms with Crippen LogP contribution in [0.3, 0.4) is 0 Å². The maximum Gasteiger partial charge on any atom is 0.132 e. The molecule has 2 aliphatic heterocycles. The molecule has 0 bridgehead atoms. The van der Waals surface area contributed by atoms with Gasteiger partial charge in [-0.05, 0) is 50.8 Å². The lowest BCUT2D eigenvalue weighted by molar-refractivity contribution is 0.249. The Hall–Kier alpha value is -0.610. The maximum atomic E-state index is 4.59. The molecule has 1 aromatic rings. The minimum atomic E-state index is 0.889. The molecule has 0 spiro atoms. The van der Waals surface area contributed by atoms with Crippen LogP contribution >= 0.6 is 15.9 Å². The molecule has 0 unspecified atom stereocenters. The highest BCUT2D eigenvalue weighted by Crippen LogP contribution is 2.26. The van der Waals surface area contributed by atoms with Gasteiger partial charge in [0, 0.05) is 36.7 Å². The van der Waals surface area contributed by atoms with Crippen molar-refractivity contribution in [2.24, 2.45) is 5.92 Å². The van der Waals surface area contributed by atoms with E-state index < -0.39 is 0 Å². The lowest BCUT2D eigenvalue weighted by Gasteiger charge is -2.35. The first kappa shape index (κ1) is 14.3. The Morgan fingerprint density at radius 2 is 1.90 bits per heavy atom. The minimum Gasteiger partial charge on any atom is -0.356 e. The Bertz CT molecular complexity index is 423. The first-order valence-electron chi connectivity index (χ1n) is 7.84. The van der Waals surface area contributed by atoms with Crippen LogP contribution in [0.4, 0.5) is 5.82 Å². The molecule has 110 valence electrons. The average Bonchev–Trinajstić information content (AvgIpc) is 3.01. The zero-order valence-corrected chi connectivity index (χ0v) is 13.7. The lowest BCUT2D eigenvalue weighted by Crippen LogP contribution is -2.38. The molecule has 3 nitrogen and oxygen atoms in total. The van der Waals surface area contributed by atoms with Crippen LogP contribution in [0, 0.1) is 5.92 Å². The standard InChI is InChI=1S/C16H24BrN3/c17-12-15-4-3-7-18-16(15)20-10-5-14(6-11-20)13-19-8-1-2-9-19/h3-4,7,14H,1-2,5-6,8-13H2. The summed E-state index contributed by atoms with van der Waals surface area (Å²) in [6.07, 6.45) is 7.35. The molecule has 0 saturated carbocycles. The van der Waals surface area contributed by atoms with Crippen molar-refractivity contribution in [2.45, 2.75) is 31.0 Å². The summed E-state index contributed by atoms with van der Waals surface area (Å²) in [7, 11) is 0. The molecule has 2 aliphatic rings. The fraction of sp³-hybridized carbons (Fsp3) is 0.688. The summed E-state index contributed by atoms with van der Waals surface area (Å²) in [5.41, 5.74) is 1.31. The molecule has 0 radical (unpaired) electrons. The second-order valence-corrected chi connectivity index (χ2v) is 6.62. The number of aromatic nitrogens is 1. The Labute approximate surface area is 130 Å². The third-order valence-corrected chi connectivity index (χ3v) is 5.24. The molecule has 3 rings (SSSR count). The first-order valence-corrected chi connectivity index (χ1v) is 8.96. The number of hydrogen-bond acceptors (Lipinski definition) is 3. The van der Waals surface area contributed by atoms with E-state index in [2.05, 4.69) is 36.8 Å². The summed E-state index contributed by atoms with van der Waals surface area (Å²) >= 11 is 3.57. The highest BCUT2D eigenvalue weighted by Gasteiger charge is 2.24. The molecule has 4 heteroatoms. The number of nitrogens with zero attached hydrogens (tertiary/aromatic N) is 3. The van der Waals surface area contributed by atoms with Gasteiger partial charge in [-0.1, -0.05) is 22.0 Å². The van der Waals surface area contributed by atoms with Gasteiger partial charge in [-0.3, -0.25) is 0 Å². The number of pyridine rings is 1. The molecule has 0 amide bonds. The molecule has 2 fully saturated rings. The van der Waals surface area contributed by atoms with Crippen molar-refractivity contribution in [3.63, 3.8) is 0 Å². The van der Waals surface area contributed by atoms with E-state index >= 15 is 0 Å². The molecule has 0 N–H and O–H groups in total. The van der Waals surface area contributed by atoms with Gasteiger partial charge in [0.15, 0.2) is 0 Å². The second-order valence-electron chi connectivity index (χ2n) is 6.06. The largest absolute Gasteiger partial charge is 0.356 e. The average molecular weight is 338 g/mol. The van der Waals surface area contributed by atoms with Crippen LogP contribution in [-0.2, 0) is 5.33 Å². The summed E-state index contributed by atoms with van der Waals surface area (Å²) < 4.78 is 0. The van der Waals surface area contributed by atoms with E-state index in [0.717, 1.165) is 24.3 Å². The third kappa shape index (κ3) is 3.34. The molecule has 0 aromatic carbocycles. The van der Waals surface area contributed by atoms with Gasteiger partial charge in [-0.2, -0.15) is 0 Å². The van der Waals surface area contributed by atoms with Crippen molar-refractivity contribution in [1.29, 1.82) is 0 Å². The zero-order chi connectivity index (χ0) is 13.8.